The minimum atomic E-state index is -4.33. The second kappa shape index (κ2) is 12.9. The summed E-state index contributed by atoms with van der Waals surface area (Å²) in [6.45, 7) is 1.96. The summed E-state index contributed by atoms with van der Waals surface area (Å²) in [6, 6.07) is 10.4. The van der Waals surface area contributed by atoms with Gasteiger partial charge in [0.15, 0.2) is 5.82 Å². The summed E-state index contributed by atoms with van der Waals surface area (Å²) in [5.74, 6) is -1.42. The van der Waals surface area contributed by atoms with E-state index in [4.69, 9.17) is 16.3 Å². The number of rotatable bonds is 8. The molecule has 9 nitrogen and oxygen atoms in total. The lowest BCUT2D eigenvalue weighted by Gasteiger charge is -2.38. The van der Waals surface area contributed by atoms with Gasteiger partial charge in [-0.25, -0.2) is 27.2 Å². The topological polar surface area (TPSA) is 117 Å². The zero-order valence-electron chi connectivity index (χ0n) is 25.8. The van der Waals surface area contributed by atoms with Crippen LogP contribution in [0.2, 0.25) is 5.02 Å². The molecule has 1 saturated heterocycles. The Morgan fingerprint density at radius 2 is 1.85 bits per heavy atom. The Hall–Kier alpha value is -3.42. The van der Waals surface area contributed by atoms with E-state index in [2.05, 4.69) is 24.9 Å². The highest BCUT2D eigenvalue weighted by Crippen LogP contribution is 2.39. The van der Waals surface area contributed by atoms with Gasteiger partial charge in [0.05, 0.1) is 33.9 Å². The lowest BCUT2D eigenvalue weighted by molar-refractivity contribution is 0.0240. The van der Waals surface area contributed by atoms with Crippen molar-refractivity contribution >= 4 is 44.2 Å². The first-order chi connectivity index (χ1) is 22.6. The van der Waals surface area contributed by atoms with Crippen LogP contribution < -0.4 is 10.0 Å². The maximum Gasteiger partial charge on any atom is 0.262 e. The van der Waals surface area contributed by atoms with Crippen molar-refractivity contribution < 1.29 is 27.0 Å². The smallest absolute Gasteiger partial charge is 0.262 e. The molecule has 3 unspecified atom stereocenters. The molecule has 7 rings (SSSR count). The third-order valence-electron chi connectivity index (χ3n) is 9.78. The van der Waals surface area contributed by atoms with E-state index in [1.54, 1.807) is 31.5 Å². The minimum absolute atomic E-state index is 0.132. The summed E-state index contributed by atoms with van der Waals surface area (Å²) >= 11 is 6.16. The van der Waals surface area contributed by atoms with Crippen LogP contribution in [0.15, 0.2) is 53.6 Å². The van der Waals surface area contributed by atoms with Crippen molar-refractivity contribution in [3.8, 4) is 11.1 Å². The van der Waals surface area contributed by atoms with E-state index in [0.717, 1.165) is 44.5 Å². The van der Waals surface area contributed by atoms with Crippen molar-refractivity contribution in [1.82, 2.24) is 14.9 Å². The lowest BCUT2D eigenvalue weighted by atomic mass is 10.0. The number of piperidine rings is 1. The number of fused-ring (bicyclic) bond motifs is 2. The minimum Gasteiger partial charge on any atom is -0.388 e. The van der Waals surface area contributed by atoms with Gasteiger partial charge in [-0.05, 0) is 98.0 Å². The highest BCUT2D eigenvalue weighted by Gasteiger charge is 2.34. The van der Waals surface area contributed by atoms with Crippen LogP contribution >= 0.6 is 11.6 Å². The lowest BCUT2D eigenvalue weighted by Crippen LogP contribution is -2.47. The molecular formula is C34H36ClF2N5O4S. The fourth-order valence-corrected chi connectivity index (χ4v) is 9.06. The molecule has 0 spiro atoms. The van der Waals surface area contributed by atoms with Crippen LogP contribution in [0.1, 0.15) is 55.8 Å². The number of benzene rings is 3. The normalized spacial score (nSPS) is 22.1. The van der Waals surface area contributed by atoms with Crippen LogP contribution in [-0.4, -0.2) is 66.8 Å². The monoisotopic (exact) mass is 683 g/mol. The van der Waals surface area contributed by atoms with E-state index < -0.39 is 33.4 Å². The maximum atomic E-state index is 15.9. The third-order valence-corrected chi connectivity index (χ3v) is 11.4. The second-order valence-electron chi connectivity index (χ2n) is 12.6. The predicted molar refractivity (Wildman–Crippen MR) is 177 cm³/mol. The number of halogens is 3. The summed E-state index contributed by atoms with van der Waals surface area (Å²) < 4.78 is 65.8. The number of ether oxygens (including phenoxy) is 1. The molecule has 2 fully saturated rings. The average Bonchev–Trinajstić information content (AvgIpc) is 3.69. The molecule has 3 atom stereocenters. The SMILES string of the molecule is COC1CCCC1N1CCC(Nc2ncc3cc(-c4c(F)ccc(NS(=O)(=O)c5cc(Cl)cc6c5CCC6O)c4F)ccc3n2)CC1. The van der Waals surface area contributed by atoms with Crippen molar-refractivity contribution in [2.45, 2.75) is 74.1 Å². The highest BCUT2D eigenvalue weighted by atomic mass is 35.5. The molecule has 0 amide bonds. The van der Waals surface area contributed by atoms with Gasteiger partial charge in [0, 0.05) is 48.9 Å². The molecule has 1 aliphatic heterocycles. The van der Waals surface area contributed by atoms with Crippen molar-refractivity contribution in [2.75, 3.05) is 30.2 Å². The Morgan fingerprint density at radius 3 is 2.64 bits per heavy atom. The number of aliphatic hydroxyl groups is 1. The average molecular weight is 684 g/mol. The maximum absolute atomic E-state index is 15.9. The first-order valence-electron chi connectivity index (χ1n) is 15.9. The fourth-order valence-electron chi connectivity index (χ4n) is 7.38. The zero-order valence-corrected chi connectivity index (χ0v) is 27.4. The van der Waals surface area contributed by atoms with Gasteiger partial charge in [-0.1, -0.05) is 17.7 Å². The van der Waals surface area contributed by atoms with E-state index in [1.165, 1.54) is 25.0 Å². The molecule has 13 heteroatoms. The molecule has 0 radical (unpaired) electrons. The van der Waals surface area contributed by atoms with Crippen LogP contribution in [0.5, 0.6) is 0 Å². The largest absolute Gasteiger partial charge is 0.388 e. The Kier molecular flexibility index (Phi) is 8.81. The van der Waals surface area contributed by atoms with Crippen LogP contribution in [0.4, 0.5) is 20.4 Å². The van der Waals surface area contributed by atoms with E-state index >= 15 is 8.78 Å². The molecule has 3 aromatic carbocycles. The molecule has 248 valence electrons. The third kappa shape index (κ3) is 6.29. The summed E-state index contributed by atoms with van der Waals surface area (Å²) in [5.41, 5.74) is 0.869. The highest BCUT2D eigenvalue weighted by molar-refractivity contribution is 7.92. The van der Waals surface area contributed by atoms with E-state index in [9.17, 15) is 13.5 Å². The van der Waals surface area contributed by atoms with Gasteiger partial charge in [0.1, 0.15) is 5.82 Å². The molecule has 3 N–H and O–H groups in total. The molecule has 4 aromatic rings. The van der Waals surface area contributed by atoms with Crippen LogP contribution in [0, 0.1) is 11.6 Å². The number of aliphatic hydroxyl groups excluding tert-OH is 1. The van der Waals surface area contributed by atoms with Gasteiger partial charge >= 0.3 is 0 Å². The fraction of sp³-hybridized carbons (Fsp3) is 0.412. The van der Waals surface area contributed by atoms with Crippen molar-refractivity contribution in [1.29, 1.82) is 0 Å². The Morgan fingerprint density at radius 1 is 1.04 bits per heavy atom. The molecule has 0 bridgehead atoms. The summed E-state index contributed by atoms with van der Waals surface area (Å²) in [5, 5.41) is 14.4. The molecular weight excluding hydrogens is 648 g/mol. The van der Waals surface area contributed by atoms with Crippen LogP contribution in [-0.2, 0) is 21.2 Å². The number of nitrogens with one attached hydrogen (secondary N) is 2. The number of likely N-dealkylation sites (tertiary alicyclic amines) is 1. The summed E-state index contributed by atoms with van der Waals surface area (Å²) in [7, 11) is -2.53. The molecule has 2 heterocycles. The van der Waals surface area contributed by atoms with Gasteiger partial charge in [0.25, 0.3) is 10.0 Å². The molecule has 1 saturated carbocycles. The first-order valence-corrected chi connectivity index (χ1v) is 17.8. The van der Waals surface area contributed by atoms with Gasteiger partial charge in [-0.3, -0.25) is 9.62 Å². The van der Waals surface area contributed by atoms with Crippen LogP contribution in [0.3, 0.4) is 0 Å². The van der Waals surface area contributed by atoms with Gasteiger partial charge in [0.2, 0.25) is 5.95 Å². The van der Waals surface area contributed by atoms with E-state index in [1.807, 2.05) is 0 Å². The molecule has 2 aliphatic carbocycles. The number of hydrogen-bond donors (Lipinski definition) is 3. The zero-order chi connectivity index (χ0) is 32.9. The van der Waals surface area contributed by atoms with Gasteiger partial charge < -0.3 is 15.2 Å². The van der Waals surface area contributed by atoms with E-state index in [-0.39, 0.29) is 27.1 Å². The van der Waals surface area contributed by atoms with Crippen LogP contribution in [0.25, 0.3) is 22.0 Å². The number of anilines is 2. The van der Waals surface area contributed by atoms with Crippen molar-refractivity contribution in [2.24, 2.45) is 0 Å². The Bertz CT molecular complexity index is 1940. The number of sulfonamides is 1. The standard InChI is InChI=1S/C34H36ClF2N5O4S/c1-46-30-4-2-3-28(30)42-13-11-22(12-14-42)39-34-38-18-20-15-19(5-8-26(20)40-34)32-25(36)7-9-27(33(32)37)41-47(44,45)31-17-21(35)16-24-23(31)6-10-29(24)43/h5,7-9,15-18,22,28-30,41,43H,2-4,6,10-14H2,1H3,(H,38,39,40). The second-order valence-corrected chi connectivity index (χ2v) is 14.7. The van der Waals surface area contributed by atoms with E-state index in [0.29, 0.717) is 53.0 Å². The number of hydrogen-bond acceptors (Lipinski definition) is 8. The van der Waals surface area contributed by atoms with Gasteiger partial charge in [-0.2, -0.15) is 0 Å². The van der Waals surface area contributed by atoms with Gasteiger partial charge in [-0.15, -0.1) is 0 Å². The summed E-state index contributed by atoms with van der Waals surface area (Å²) in [4.78, 5) is 11.5. The summed E-state index contributed by atoms with van der Waals surface area (Å²) in [6.07, 6.45) is 7.20. The number of nitrogens with zero attached hydrogens (tertiary/aromatic N) is 3. The molecule has 47 heavy (non-hydrogen) atoms. The number of aromatic nitrogens is 2. The molecule has 1 aromatic heterocycles. The Labute approximate surface area is 277 Å². The molecule has 3 aliphatic rings. The number of methoxy groups -OCH3 is 1. The van der Waals surface area contributed by atoms with Crippen molar-refractivity contribution in [3.05, 3.63) is 76.4 Å². The Balaban J connectivity index is 1.08. The quantitative estimate of drug-likeness (QED) is 0.194. The van der Waals surface area contributed by atoms with Crippen molar-refractivity contribution in [3.63, 3.8) is 0 Å². The first kappa shape index (κ1) is 32.1. The predicted octanol–water partition coefficient (Wildman–Crippen LogP) is 6.45.